The minimum Gasteiger partial charge on any atom is -0.408 e. The first-order valence-corrected chi connectivity index (χ1v) is 3.66. The van der Waals surface area contributed by atoms with Gasteiger partial charge in [-0.1, -0.05) is 0 Å². The van der Waals surface area contributed by atoms with Crippen LogP contribution in [0.2, 0.25) is 0 Å². The van der Waals surface area contributed by atoms with E-state index < -0.39 is 5.76 Å². The van der Waals surface area contributed by atoms with E-state index in [9.17, 15) is 4.79 Å². The normalized spacial score (nSPS) is 11.4. The second kappa shape index (κ2) is 1.98. The predicted octanol–water partition coefficient (Wildman–Crippen LogP) is 0.392. The third-order valence-electron chi connectivity index (χ3n) is 1.86. The zero-order chi connectivity index (χ0) is 8.84. The molecule has 6 nitrogen and oxygen atoms in total. The van der Waals surface area contributed by atoms with Crippen LogP contribution in [-0.4, -0.2) is 20.4 Å². The van der Waals surface area contributed by atoms with Gasteiger partial charge in [-0.3, -0.25) is 4.98 Å². The highest BCUT2D eigenvalue weighted by Crippen LogP contribution is 2.16. The first-order chi connectivity index (χ1) is 6.33. The minimum atomic E-state index is -0.466. The van der Waals surface area contributed by atoms with Crippen molar-refractivity contribution < 1.29 is 4.42 Å². The van der Waals surface area contributed by atoms with Crippen molar-refractivity contribution >= 4 is 22.1 Å². The number of hydrogen-bond donors (Lipinski definition) is 2. The highest BCUT2D eigenvalue weighted by Gasteiger charge is 2.04. The van der Waals surface area contributed by atoms with Gasteiger partial charge in [0.1, 0.15) is 11.0 Å². The van der Waals surface area contributed by atoms with Gasteiger partial charge in [0.25, 0.3) is 0 Å². The van der Waals surface area contributed by atoms with Gasteiger partial charge in [-0.25, -0.2) is 4.79 Å². The maximum Gasteiger partial charge on any atom is 0.417 e. The van der Waals surface area contributed by atoms with Crippen molar-refractivity contribution in [1.29, 1.82) is 0 Å². The molecule has 0 saturated carbocycles. The van der Waals surface area contributed by atoms with Crippen molar-refractivity contribution in [3.05, 3.63) is 22.7 Å². The third kappa shape index (κ3) is 0.792. The first kappa shape index (κ1) is 6.41. The molecule has 6 heteroatoms. The Morgan fingerprint density at radius 1 is 1.23 bits per heavy atom. The summed E-state index contributed by atoms with van der Waals surface area (Å²) < 4.78 is 4.85. The number of H-pyrrole nitrogens is 2. The number of rotatable bonds is 0. The molecule has 2 aromatic heterocycles. The second-order valence-electron chi connectivity index (χ2n) is 2.68. The molecule has 0 bridgehead atoms. The van der Waals surface area contributed by atoms with Gasteiger partial charge in [0.15, 0.2) is 5.58 Å². The summed E-state index contributed by atoms with van der Waals surface area (Å²) in [5.41, 5.74) is 2.50. The predicted molar refractivity (Wildman–Crippen MR) is 44.3 cm³/mol. The molecule has 3 rings (SSSR count). The van der Waals surface area contributed by atoms with Crippen LogP contribution in [-0.2, 0) is 0 Å². The zero-order valence-corrected chi connectivity index (χ0v) is 6.37. The molecule has 0 fully saturated rings. The summed E-state index contributed by atoms with van der Waals surface area (Å²) in [6, 6.07) is 3.37. The van der Waals surface area contributed by atoms with Crippen LogP contribution in [0.15, 0.2) is 21.3 Å². The fraction of sp³-hybridized carbons (Fsp3) is 0. The number of benzene rings is 1. The van der Waals surface area contributed by atoms with E-state index in [4.69, 9.17) is 4.42 Å². The SMILES string of the molecule is O=c1[nH]c2cc3n[nH]nc3cc2o1. The lowest BCUT2D eigenvalue weighted by Gasteiger charge is -1.84. The lowest BCUT2D eigenvalue weighted by molar-refractivity contribution is 0.555. The summed E-state index contributed by atoms with van der Waals surface area (Å²) in [6.07, 6.45) is 0. The summed E-state index contributed by atoms with van der Waals surface area (Å²) in [5, 5.41) is 10.2. The van der Waals surface area contributed by atoms with Gasteiger partial charge in [0.05, 0.1) is 5.52 Å². The van der Waals surface area contributed by atoms with Crippen LogP contribution in [0, 0.1) is 0 Å². The van der Waals surface area contributed by atoms with E-state index in [0.717, 1.165) is 0 Å². The molecular weight excluding hydrogens is 172 g/mol. The molecular formula is C7H4N4O2. The van der Waals surface area contributed by atoms with Crippen molar-refractivity contribution in [2.45, 2.75) is 0 Å². The number of fused-ring (bicyclic) bond motifs is 2. The number of aromatic nitrogens is 4. The number of aromatic amines is 2. The largest absolute Gasteiger partial charge is 0.417 e. The van der Waals surface area contributed by atoms with Gasteiger partial charge in [-0.15, -0.1) is 0 Å². The molecule has 0 aliphatic rings. The van der Waals surface area contributed by atoms with E-state index in [0.29, 0.717) is 22.1 Å². The fourth-order valence-electron chi connectivity index (χ4n) is 1.29. The number of oxazole rings is 1. The molecule has 3 aromatic rings. The van der Waals surface area contributed by atoms with E-state index in [1.807, 2.05) is 0 Å². The summed E-state index contributed by atoms with van der Waals surface area (Å²) in [6.45, 7) is 0. The summed E-state index contributed by atoms with van der Waals surface area (Å²) in [5.74, 6) is -0.466. The molecule has 0 aliphatic carbocycles. The third-order valence-corrected chi connectivity index (χ3v) is 1.86. The van der Waals surface area contributed by atoms with Gasteiger partial charge in [-0.2, -0.15) is 15.4 Å². The standard InChI is InChI=1S/C7H4N4O2/c12-7-8-5-1-3-4(10-11-9-3)2-6(5)13-7/h1-2H,(H,8,12)(H,9,10,11). The minimum absolute atomic E-state index is 0.466. The molecule has 0 saturated heterocycles. The number of nitrogens with zero attached hydrogens (tertiary/aromatic N) is 2. The Kier molecular flexibility index (Phi) is 0.974. The molecule has 0 unspecified atom stereocenters. The molecule has 2 N–H and O–H groups in total. The Morgan fingerprint density at radius 2 is 2.00 bits per heavy atom. The maximum atomic E-state index is 10.8. The molecule has 0 atom stereocenters. The van der Waals surface area contributed by atoms with Gasteiger partial charge >= 0.3 is 5.76 Å². The average molecular weight is 176 g/mol. The van der Waals surface area contributed by atoms with Gasteiger partial charge < -0.3 is 4.42 Å². The maximum absolute atomic E-state index is 10.8. The molecule has 2 heterocycles. The molecule has 64 valence electrons. The van der Waals surface area contributed by atoms with E-state index >= 15 is 0 Å². The number of hydrogen-bond acceptors (Lipinski definition) is 4. The average Bonchev–Trinajstić information content (AvgIpc) is 2.63. The Morgan fingerprint density at radius 3 is 2.85 bits per heavy atom. The molecule has 1 aromatic carbocycles. The Labute approximate surface area is 70.6 Å². The monoisotopic (exact) mass is 176 g/mol. The molecule has 0 amide bonds. The number of nitrogens with one attached hydrogen (secondary N) is 2. The fourth-order valence-corrected chi connectivity index (χ4v) is 1.29. The lowest BCUT2D eigenvalue weighted by atomic mass is 10.3. The molecule has 0 aliphatic heterocycles. The molecule has 0 spiro atoms. The lowest BCUT2D eigenvalue weighted by Crippen LogP contribution is -1.92. The van der Waals surface area contributed by atoms with E-state index in [2.05, 4.69) is 20.4 Å². The van der Waals surface area contributed by atoms with E-state index in [1.54, 1.807) is 12.1 Å². The van der Waals surface area contributed by atoms with Gasteiger partial charge in [-0.05, 0) is 6.07 Å². The van der Waals surface area contributed by atoms with Crippen molar-refractivity contribution in [2.75, 3.05) is 0 Å². The van der Waals surface area contributed by atoms with Crippen molar-refractivity contribution in [1.82, 2.24) is 20.4 Å². The Hall–Kier alpha value is -2.11. The van der Waals surface area contributed by atoms with Crippen molar-refractivity contribution in [2.24, 2.45) is 0 Å². The van der Waals surface area contributed by atoms with Crippen LogP contribution < -0.4 is 5.76 Å². The van der Waals surface area contributed by atoms with Crippen LogP contribution >= 0.6 is 0 Å². The van der Waals surface area contributed by atoms with Crippen LogP contribution in [0.3, 0.4) is 0 Å². The highest BCUT2D eigenvalue weighted by atomic mass is 16.4. The zero-order valence-electron chi connectivity index (χ0n) is 6.37. The van der Waals surface area contributed by atoms with Crippen LogP contribution in [0.25, 0.3) is 22.1 Å². The van der Waals surface area contributed by atoms with Crippen molar-refractivity contribution in [3.63, 3.8) is 0 Å². The highest BCUT2D eigenvalue weighted by molar-refractivity contribution is 5.89. The van der Waals surface area contributed by atoms with E-state index in [-0.39, 0.29) is 0 Å². The molecule has 0 radical (unpaired) electrons. The van der Waals surface area contributed by atoms with E-state index in [1.165, 1.54) is 0 Å². The topological polar surface area (TPSA) is 87.6 Å². The summed E-state index contributed by atoms with van der Waals surface area (Å²) >= 11 is 0. The quantitative estimate of drug-likeness (QED) is 0.518. The van der Waals surface area contributed by atoms with Gasteiger partial charge in [0.2, 0.25) is 0 Å². The smallest absolute Gasteiger partial charge is 0.408 e. The Bertz CT molecular complexity index is 581. The van der Waals surface area contributed by atoms with Crippen LogP contribution in [0.1, 0.15) is 0 Å². The van der Waals surface area contributed by atoms with Crippen molar-refractivity contribution in [3.8, 4) is 0 Å². The van der Waals surface area contributed by atoms with Crippen LogP contribution in [0.5, 0.6) is 0 Å². The first-order valence-electron chi connectivity index (χ1n) is 3.66. The Balaban J connectivity index is 2.62. The van der Waals surface area contributed by atoms with Crippen LogP contribution in [0.4, 0.5) is 0 Å². The second-order valence-corrected chi connectivity index (χ2v) is 2.68. The molecule has 13 heavy (non-hydrogen) atoms. The summed E-state index contributed by atoms with van der Waals surface area (Å²) in [7, 11) is 0. The summed E-state index contributed by atoms with van der Waals surface area (Å²) in [4.78, 5) is 13.4. The van der Waals surface area contributed by atoms with Gasteiger partial charge in [0, 0.05) is 6.07 Å².